The second kappa shape index (κ2) is 6.44. The predicted octanol–water partition coefficient (Wildman–Crippen LogP) is 4.15. The molecular formula is C18H13Cl2N5. The Morgan fingerprint density at radius 3 is 2.68 bits per heavy atom. The van der Waals surface area contributed by atoms with Gasteiger partial charge in [0.05, 0.1) is 28.0 Å². The molecule has 0 radical (unpaired) electrons. The van der Waals surface area contributed by atoms with Crippen LogP contribution in [0.1, 0.15) is 17.3 Å². The third-order valence-corrected chi connectivity index (χ3v) is 4.81. The van der Waals surface area contributed by atoms with Gasteiger partial charge in [0.2, 0.25) is 0 Å². The Balaban J connectivity index is 1.85. The fourth-order valence-corrected chi connectivity index (χ4v) is 3.09. The van der Waals surface area contributed by atoms with Gasteiger partial charge in [-0.05, 0) is 23.8 Å². The highest BCUT2D eigenvalue weighted by Gasteiger charge is 2.16. The zero-order chi connectivity index (χ0) is 17.4. The molecule has 5 nitrogen and oxygen atoms in total. The van der Waals surface area contributed by atoms with Crippen LogP contribution in [0.15, 0.2) is 61.2 Å². The van der Waals surface area contributed by atoms with Crippen molar-refractivity contribution in [2.45, 2.75) is 6.04 Å². The average Bonchev–Trinajstić information content (AvgIpc) is 3.07. The topological polar surface area (TPSA) is 69.1 Å². The van der Waals surface area contributed by atoms with Crippen LogP contribution in [0.4, 0.5) is 0 Å². The van der Waals surface area contributed by atoms with Crippen LogP contribution in [0.3, 0.4) is 0 Å². The Hall–Kier alpha value is -2.47. The van der Waals surface area contributed by atoms with E-state index in [-0.39, 0.29) is 6.04 Å². The second-order valence-corrected chi connectivity index (χ2v) is 6.33. The van der Waals surface area contributed by atoms with E-state index in [0.717, 1.165) is 22.4 Å². The first-order valence-corrected chi connectivity index (χ1v) is 8.35. The Labute approximate surface area is 154 Å². The van der Waals surface area contributed by atoms with E-state index in [1.165, 1.54) is 0 Å². The normalized spacial score (nSPS) is 12.4. The Kier molecular flexibility index (Phi) is 4.13. The summed E-state index contributed by atoms with van der Waals surface area (Å²) in [6.07, 6.45) is 7.00. The summed E-state index contributed by atoms with van der Waals surface area (Å²) in [5.74, 6) is 0. The van der Waals surface area contributed by atoms with Crippen molar-refractivity contribution in [3.05, 3.63) is 82.5 Å². The number of benzene rings is 1. The van der Waals surface area contributed by atoms with Crippen LogP contribution in [0.25, 0.3) is 16.8 Å². The van der Waals surface area contributed by atoms with Crippen molar-refractivity contribution in [3.63, 3.8) is 0 Å². The first-order chi connectivity index (χ1) is 12.1. The van der Waals surface area contributed by atoms with E-state index in [2.05, 4.69) is 10.1 Å². The highest BCUT2D eigenvalue weighted by molar-refractivity contribution is 6.43. The van der Waals surface area contributed by atoms with E-state index < -0.39 is 0 Å². The fraction of sp³-hybridized carbons (Fsp3) is 0.0556. The molecule has 0 bridgehead atoms. The van der Waals surface area contributed by atoms with Gasteiger partial charge in [-0.25, -0.2) is 9.50 Å². The highest BCUT2D eigenvalue weighted by Crippen LogP contribution is 2.35. The first kappa shape index (κ1) is 16.0. The molecule has 1 unspecified atom stereocenters. The molecule has 1 aromatic carbocycles. The highest BCUT2D eigenvalue weighted by atomic mass is 35.5. The summed E-state index contributed by atoms with van der Waals surface area (Å²) in [6, 6.07) is 10.7. The van der Waals surface area contributed by atoms with Gasteiger partial charge in [-0.3, -0.25) is 4.98 Å². The number of halogens is 2. The molecule has 3 aromatic heterocycles. The first-order valence-electron chi connectivity index (χ1n) is 7.59. The molecule has 0 amide bonds. The maximum atomic E-state index is 6.35. The molecule has 4 aromatic rings. The van der Waals surface area contributed by atoms with Gasteiger partial charge in [0.25, 0.3) is 0 Å². The monoisotopic (exact) mass is 369 g/mol. The summed E-state index contributed by atoms with van der Waals surface area (Å²) in [5.41, 5.74) is 10.2. The van der Waals surface area contributed by atoms with Crippen LogP contribution in [-0.4, -0.2) is 19.6 Å². The molecule has 3 heterocycles. The van der Waals surface area contributed by atoms with Crippen molar-refractivity contribution in [1.29, 1.82) is 0 Å². The Morgan fingerprint density at radius 2 is 1.88 bits per heavy atom. The van der Waals surface area contributed by atoms with E-state index in [4.69, 9.17) is 33.9 Å². The maximum absolute atomic E-state index is 6.35. The second-order valence-electron chi connectivity index (χ2n) is 5.54. The molecule has 0 aliphatic rings. The fourth-order valence-electron chi connectivity index (χ4n) is 2.69. The summed E-state index contributed by atoms with van der Waals surface area (Å²) < 4.78 is 1.69. The molecule has 1 atom stereocenters. The molecule has 2 N–H and O–H groups in total. The van der Waals surface area contributed by atoms with Gasteiger partial charge in [-0.1, -0.05) is 41.4 Å². The minimum absolute atomic E-state index is 0.378. The lowest BCUT2D eigenvalue weighted by Crippen LogP contribution is -2.14. The van der Waals surface area contributed by atoms with E-state index >= 15 is 0 Å². The van der Waals surface area contributed by atoms with Gasteiger partial charge in [0.15, 0.2) is 5.65 Å². The maximum Gasteiger partial charge on any atom is 0.163 e. The molecule has 0 saturated carbocycles. The van der Waals surface area contributed by atoms with Crippen LogP contribution >= 0.6 is 23.2 Å². The Bertz CT molecular complexity index is 1050. The van der Waals surface area contributed by atoms with Crippen LogP contribution < -0.4 is 5.73 Å². The summed E-state index contributed by atoms with van der Waals surface area (Å²) in [5, 5.41) is 5.30. The third-order valence-electron chi connectivity index (χ3n) is 3.99. The minimum atomic E-state index is -0.378. The third kappa shape index (κ3) is 2.87. The van der Waals surface area contributed by atoms with Crippen molar-refractivity contribution < 1.29 is 0 Å². The molecule has 0 aliphatic heterocycles. The summed E-state index contributed by atoms with van der Waals surface area (Å²) in [4.78, 5) is 8.82. The predicted molar refractivity (Wildman–Crippen MR) is 98.7 cm³/mol. The van der Waals surface area contributed by atoms with Crippen molar-refractivity contribution in [2.24, 2.45) is 5.73 Å². The lowest BCUT2D eigenvalue weighted by Gasteiger charge is -2.11. The zero-order valence-corrected chi connectivity index (χ0v) is 14.5. The standard InChI is InChI=1S/C18H13Cl2N5/c19-14-5-1-4-12(16(14)20)13-10-23-25-8-6-15(24-18(13)25)17(21)11-3-2-7-22-9-11/h1-10,17H,21H2. The van der Waals surface area contributed by atoms with Gasteiger partial charge in [-0.2, -0.15) is 5.10 Å². The molecule has 0 fully saturated rings. The summed E-state index contributed by atoms with van der Waals surface area (Å²) in [7, 11) is 0. The van der Waals surface area contributed by atoms with E-state index in [9.17, 15) is 0 Å². The number of hydrogen-bond acceptors (Lipinski definition) is 4. The van der Waals surface area contributed by atoms with Gasteiger partial charge < -0.3 is 5.73 Å². The van der Waals surface area contributed by atoms with Crippen molar-refractivity contribution in [1.82, 2.24) is 19.6 Å². The molecule has 0 spiro atoms. The minimum Gasteiger partial charge on any atom is -0.319 e. The van der Waals surface area contributed by atoms with Crippen LogP contribution in [0.5, 0.6) is 0 Å². The SMILES string of the molecule is NC(c1cccnc1)c1ccn2ncc(-c3cccc(Cl)c3Cl)c2n1. The number of rotatable bonds is 3. The molecule has 0 aliphatic carbocycles. The van der Waals surface area contributed by atoms with E-state index in [1.54, 1.807) is 29.2 Å². The molecule has 4 rings (SSSR count). The molecular weight excluding hydrogens is 357 g/mol. The molecule has 25 heavy (non-hydrogen) atoms. The number of fused-ring (bicyclic) bond motifs is 1. The van der Waals surface area contributed by atoms with E-state index in [1.807, 2.05) is 36.5 Å². The summed E-state index contributed by atoms with van der Waals surface area (Å²) in [6.45, 7) is 0. The number of nitrogens with two attached hydrogens (primary N) is 1. The van der Waals surface area contributed by atoms with Gasteiger partial charge in [0, 0.05) is 29.7 Å². The lowest BCUT2D eigenvalue weighted by molar-refractivity contribution is 0.809. The number of nitrogens with zero attached hydrogens (tertiary/aromatic N) is 4. The largest absolute Gasteiger partial charge is 0.319 e. The van der Waals surface area contributed by atoms with E-state index in [0.29, 0.717) is 15.7 Å². The van der Waals surface area contributed by atoms with Gasteiger partial charge >= 0.3 is 0 Å². The van der Waals surface area contributed by atoms with Crippen LogP contribution in [-0.2, 0) is 0 Å². The molecule has 124 valence electrons. The quantitative estimate of drug-likeness (QED) is 0.588. The smallest absolute Gasteiger partial charge is 0.163 e. The van der Waals surface area contributed by atoms with Crippen molar-refractivity contribution in [2.75, 3.05) is 0 Å². The van der Waals surface area contributed by atoms with Crippen LogP contribution in [0.2, 0.25) is 10.0 Å². The lowest BCUT2D eigenvalue weighted by atomic mass is 10.1. The van der Waals surface area contributed by atoms with Gasteiger partial charge in [0.1, 0.15) is 0 Å². The summed E-state index contributed by atoms with van der Waals surface area (Å²) >= 11 is 12.5. The molecule has 7 heteroatoms. The number of hydrogen-bond donors (Lipinski definition) is 1. The molecule has 0 saturated heterocycles. The number of pyridine rings is 1. The van der Waals surface area contributed by atoms with Crippen LogP contribution in [0, 0.1) is 0 Å². The number of aromatic nitrogens is 4. The van der Waals surface area contributed by atoms with Crippen molar-refractivity contribution in [3.8, 4) is 11.1 Å². The van der Waals surface area contributed by atoms with Gasteiger partial charge in [-0.15, -0.1) is 0 Å². The Morgan fingerprint density at radius 1 is 1.00 bits per heavy atom. The van der Waals surface area contributed by atoms with Crippen molar-refractivity contribution >= 4 is 28.8 Å². The average molecular weight is 370 g/mol. The zero-order valence-electron chi connectivity index (χ0n) is 13.0.